The average molecular weight is 165 g/mol. The van der Waals surface area contributed by atoms with Gasteiger partial charge in [-0.15, -0.1) is 0 Å². The van der Waals surface area contributed by atoms with Crippen LogP contribution in [0.3, 0.4) is 0 Å². The molecule has 1 saturated heterocycles. The maximum Gasteiger partial charge on any atom is 0.0281 e. The molecular weight excluding hydrogens is 146 g/mol. The Bertz CT molecular complexity index is 205. The van der Waals surface area contributed by atoms with E-state index in [9.17, 15) is 0 Å². The Morgan fingerprint density at radius 1 is 1.42 bits per heavy atom. The van der Waals surface area contributed by atoms with Crippen LogP contribution in [0.25, 0.3) is 0 Å². The van der Waals surface area contributed by atoms with Gasteiger partial charge in [-0.05, 0) is 32.2 Å². The molecule has 0 spiro atoms. The number of rotatable bonds is 1. The predicted octanol–water partition coefficient (Wildman–Crippen LogP) is 2.44. The highest BCUT2D eigenvalue weighted by molar-refractivity contribution is 5.18. The number of nitrogens with zero attached hydrogens (tertiary/aromatic N) is 1. The van der Waals surface area contributed by atoms with E-state index in [0.717, 1.165) is 18.0 Å². The summed E-state index contributed by atoms with van der Waals surface area (Å²) in [6, 6.07) is 1.62. The number of hydrogen-bond donors (Lipinski definition) is 0. The van der Waals surface area contributed by atoms with Crippen molar-refractivity contribution in [1.29, 1.82) is 0 Å². The molecule has 0 amide bonds. The summed E-state index contributed by atoms with van der Waals surface area (Å²) in [6.45, 7) is 4.63. The molecule has 1 nitrogen and oxygen atoms in total. The molecule has 0 saturated carbocycles. The zero-order valence-electron chi connectivity index (χ0n) is 8.38. The van der Waals surface area contributed by atoms with Gasteiger partial charge >= 0.3 is 0 Å². The van der Waals surface area contributed by atoms with Crippen LogP contribution in [0.1, 0.15) is 33.1 Å². The summed E-state index contributed by atoms with van der Waals surface area (Å²) in [6.07, 6.45) is 6.63. The molecule has 0 aromatic carbocycles. The smallest absolute Gasteiger partial charge is 0.0281 e. The van der Waals surface area contributed by atoms with E-state index in [2.05, 4.69) is 31.9 Å². The summed E-state index contributed by atoms with van der Waals surface area (Å²) in [7, 11) is 2.27. The monoisotopic (exact) mass is 165 g/mol. The minimum absolute atomic E-state index is 0.765. The Morgan fingerprint density at radius 2 is 2.17 bits per heavy atom. The van der Waals surface area contributed by atoms with Gasteiger partial charge in [0.1, 0.15) is 0 Å². The van der Waals surface area contributed by atoms with Crippen LogP contribution in [0.4, 0.5) is 0 Å². The standard InChI is InChI=1S/C11H19N/c1-8(2)9-6-10-4-5-11(7-9)12(10)3/h6,8,10-11H,4-5,7H2,1-3H3/t10-,11+/m1/s1. The van der Waals surface area contributed by atoms with Crippen LogP contribution in [0, 0.1) is 5.92 Å². The number of fused-ring (bicyclic) bond motifs is 2. The van der Waals surface area contributed by atoms with Crippen LogP contribution in [0.2, 0.25) is 0 Å². The SMILES string of the molecule is CC(C)C1=C[C@H]2CC[C@@H](C1)N2C. The average Bonchev–Trinajstić information content (AvgIpc) is 2.30. The van der Waals surface area contributed by atoms with Crippen molar-refractivity contribution in [3.8, 4) is 0 Å². The lowest BCUT2D eigenvalue weighted by molar-refractivity contribution is 0.249. The van der Waals surface area contributed by atoms with Crippen molar-refractivity contribution < 1.29 is 0 Å². The summed E-state index contributed by atoms with van der Waals surface area (Å²) in [4.78, 5) is 2.55. The van der Waals surface area contributed by atoms with Crippen molar-refractivity contribution in [2.75, 3.05) is 7.05 Å². The van der Waals surface area contributed by atoms with Crippen molar-refractivity contribution >= 4 is 0 Å². The first-order valence-corrected chi connectivity index (χ1v) is 5.11. The molecule has 2 aliphatic heterocycles. The van der Waals surface area contributed by atoms with Gasteiger partial charge in [-0.25, -0.2) is 0 Å². The van der Waals surface area contributed by atoms with E-state index in [-0.39, 0.29) is 0 Å². The van der Waals surface area contributed by atoms with Crippen molar-refractivity contribution in [2.24, 2.45) is 5.92 Å². The van der Waals surface area contributed by atoms with Gasteiger partial charge in [0.05, 0.1) is 0 Å². The van der Waals surface area contributed by atoms with Crippen molar-refractivity contribution in [3.63, 3.8) is 0 Å². The third kappa shape index (κ3) is 1.20. The second-order valence-electron chi connectivity index (χ2n) is 4.56. The molecule has 0 radical (unpaired) electrons. The molecule has 2 rings (SSSR count). The van der Waals surface area contributed by atoms with E-state index in [1.54, 1.807) is 5.57 Å². The van der Waals surface area contributed by atoms with E-state index in [0.29, 0.717) is 0 Å². The largest absolute Gasteiger partial charge is 0.297 e. The fourth-order valence-corrected chi connectivity index (χ4v) is 2.50. The Hall–Kier alpha value is -0.300. The quantitative estimate of drug-likeness (QED) is 0.539. The van der Waals surface area contributed by atoms with E-state index < -0.39 is 0 Å². The topological polar surface area (TPSA) is 3.24 Å². The van der Waals surface area contributed by atoms with Crippen molar-refractivity contribution in [1.82, 2.24) is 4.90 Å². The molecule has 0 aromatic rings. The summed E-state index contributed by atoms with van der Waals surface area (Å²) >= 11 is 0. The Morgan fingerprint density at radius 3 is 2.75 bits per heavy atom. The lowest BCUT2D eigenvalue weighted by atomic mass is 9.93. The lowest BCUT2D eigenvalue weighted by Crippen LogP contribution is -2.35. The summed E-state index contributed by atoms with van der Waals surface area (Å²) < 4.78 is 0. The van der Waals surface area contributed by atoms with Gasteiger partial charge in [-0.1, -0.05) is 25.5 Å². The minimum atomic E-state index is 0.765. The van der Waals surface area contributed by atoms with Crippen LogP contribution in [-0.2, 0) is 0 Å². The van der Waals surface area contributed by atoms with Crippen LogP contribution < -0.4 is 0 Å². The van der Waals surface area contributed by atoms with E-state index in [1.807, 2.05) is 0 Å². The van der Waals surface area contributed by atoms with Crippen molar-refractivity contribution in [3.05, 3.63) is 11.6 Å². The second kappa shape index (κ2) is 2.88. The van der Waals surface area contributed by atoms with Crippen molar-refractivity contribution in [2.45, 2.75) is 45.2 Å². The molecule has 0 aliphatic carbocycles. The Labute approximate surface area is 75.4 Å². The number of likely N-dealkylation sites (N-methyl/N-ethyl adjacent to an activating group) is 1. The summed E-state index contributed by atoms with van der Waals surface area (Å²) in [5.74, 6) is 0.766. The Balaban J connectivity index is 2.18. The zero-order valence-corrected chi connectivity index (χ0v) is 8.38. The molecule has 2 atom stereocenters. The van der Waals surface area contributed by atoms with E-state index >= 15 is 0 Å². The van der Waals surface area contributed by atoms with E-state index in [1.165, 1.54) is 19.3 Å². The molecule has 68 valence electrons. The fraction of sp³-hybridized carbons (Fsp3) is 0.818. The molecule has 2 heterocycles. The first-order valence-electron chi connectivity index (χ1n) is 5.11. The summed E-state index contributed by atoms with van der Waals surface area (Å²) in [5.41, 5.74) is 1.70. The maximum atomic E-state index is 2.55. The van der Waals surface area contributed by atoms with Gasteiger partial charge < -0.3 is 0 Å². The summed E-state index contributed by atoms with van der Waals surface area (Å²) in [5, 5.41) is 0. The Kier molecular flexibility index (Phi) is 1.99. The molecule has 0 aromatic heterocycles. The van der Waals surface area contributed by atoms with Crippen LogP contribution in [0.15, 0.2) is 11.6 Å². The van der Waals surface area contributed by atoms with Gasteiger partial charge in [0.25, 0.3) is 0 Å². The molecule has 2 bridgehead atoms. The maximum absolute atomic E-state index is 2.55. The van der Waals surface area contributed by atoms with Gasteiger partial charge in [0.2, 0.25) is 0 Å². The lowest BCUT2D eigenvalue weighted by Gasteiger charge is -2.31. The second-order valence-corrected chi connectivity index (χ2v) is 4.56. The van der Waals surface area contributed by atoms with Crippen LogP contribution in [0.5, 0.6) is 0 Å². The predicted molar refractivity (Wildman–Crippen MR) is 52.1 cm³/mol. The van der Waals surface area contributed by atoms with Crippen LogP contribution >= 0.6 is 0 Å². The highest BCUT2D eigenvalue weighted by Gasteiger charge is 2.33. The molecule has 1 fully saturated rings. The molecule has 0 N–H and O–H groups in total. The molecule has 1 heteroatoms. The third-order valence-corrected chi connectivity index (χ3v) is 3.51. The zero-order chi connectivity index (χ0) is 8.72. The van der Waals surface area contributed by atoms with Gasteiger partial charge in [0.15, 0.2) is 0 Å². The first kappa shape index (κ1) is 8.31. The van der Waals surface area contributed by atoms with Gasteiger partial charge in [-0.2, -0.15) is 0 Å². The number of hydrogen-bond acceptors (Lipinski definition) is 1. The molecule has 2 aliphatic rings. The highest BCUT2D eigenvalue weighted by atomic mass is 15.2. The molecule has 12 heavy (non-hydrogen) atoms. The highest BCUT2D eigenvalue weighted by Crippen LogP contribution is 2.35. The normalized spacial score (nSPS) is 35.8. The molecular formula is C11H19N. The van der Waals surface area contributed by atoms with Crippen LogP contribution in [-0.4, -0.2) is 24.0 Å². The third-order valence-electron chi connectivity index (χ3n) is 3.51. The minimum Gasteiger partial charge on any atom is -0.297 e. The van der Waals surface area contributed by atoms with E-state index in [4.69, 9.17) is 0 Å². The van der Waals surface area contributed by atoms with Gasteiger partial charge in [0, 0.05) is 12.1 Å². The first-order chi connectivity index (χ1) is 5.68. The molecule has 0 unspecified atom stereocenters. The van der Waals surface area contributed by atoms with Gasteiger partial charge in [-0.3, -0.25) is 4.90 Å². The fourth-order valence-electron chi connectivity index (χ4n) is 2.50.